The van der Waals surface area contributed by atoms with Crippen LogP contribution < -0.4 is 15.5 Å². The molecule has 0 heterocycles. The Morgan fingerprint density at radius 2 is 1.77 bits per heavy atom. The minimum atomic E-state index is -0.226. The Labute approximate surface area is 190 Å². The number of thioether (sulfide) groups is 1. The summed E-state index contributed by atoms with van der Waals surface area (Å²) in [7, 11) is 0. The van der Waals surface area contributed by atoms with Crippen LogP contribution in [0, 0.1) is 0 Å². The first kappa shape index (κ1) is 24.1. The van der Waals surface area contributed by atoms with Crippen LogP contribution in [-0.2, 0) is 15.3 Å². The maximum absolute atomic E-state index is 11.9. The van der Waals surface area contributed by atoms with E-state index in [9.17, 15) is 9.59 Å². The van der Waals surface area contributed by atoms with E-state index in [1.54, 1.807) is 42.5 Å². The van der Waals surface area contributed by atoms with E-state index in [-0.39, 0.29) is 30.2 Å². The van der Waals surface area contributed by atoms with E-state index in [0.29, 0.717) is 21.5 Å². The van der Waals surface area contributed by atoms with E-state index < -0.39 is 0 Å². The van der Waals surface area contributed by atoms with Crippen molar-refractivity contribution in [2.75, 3.05) is 12.4 Å². The largest absolute Gasteiger partial charge is 0.484 e. The molecule has 0 aliphatic rings. The summed E-state index contributed by atoms with van der Waals surface area (Å²) in [6.45, 7) is 3.73. The van der Waals surface area contributed by atoms with Crippen LogP contribution in [0.3, 0.4) is 0 Å². The number of benzene rings is 2. The molecule has 0 fully saturated rings. The monoisotopic (exact) mass is 467 g/mol. The van der Waals surface area contributed by atoms with Crippen molar-refractivity contribution < 1.29 is 14.3 Å². The van der Waals surface area contributed by atoms with Crippen molar-refractivity contribution in [1.29, 1.82) is 0 Å². The number of rotatable bonds is 10. The molecule has 2 aromatic carbocycles. The van der Waals surface area contributed by atoms with Crippen molar-refractivity contribution in [3.63, 3.8) is 0 Å². The van der Waals surface area contributed by atoms with E-state index in [4.69, 9.17) is 27.9 Å². The first-order valence-electron chi connectivity index (χ1n) is 9.20. The smallest absolute Gasteiger partial charge is 0.258 e. The average molecular weight is 468 g/mol. The van der Waals surface area contributed by atoms with Gasteiger partial charge in [-0.05, 0) is 61.4 Å². The molecule has 160 valence electrons. The molecule has 0 aromatic heterocycles. The summed E-state index contributed by atoms with van der Waals surface area (Å²) in [5.41, 5.74) is 4.07. The summed E-state index contributed by atoms with van der Waals surface area (Å²) >= 11 is 13.6. The van der Waals surface area contributed by atoms with E-state index >= 15 is 0 Å². The maximum Gasteiger partial charge on any atom is 0.258 e. The van der Waals surface area contributed by atoms with Gasteiger partial charge in [-0.1, -0.05) is 29.3 Å². The molecule has 9 heteroatoms. The summed E-state index contributed by atoms with van der Waals surface area (Å²) in [4.78, 5) is 23.5. The lowest BCUT2D eigenvalue weighted by Gasteiger charge is -2.09. The topological polar surface area (TPSA) is 79.8 Å². The number of carbonyl (C=O) groups is 2. The molecule has 2 amide bonds. The standard InChI is InChI=1S/C21H23Cl2N3O3S/c1-14(2)25-20(27)11-29-16-8-6-15(7-9-16)10-24-26-21(28)13-30-12-17-18(22)4-3-5-19(17)23/h3-10,14H,11-13H2,1-2H3,(H,25,27)(H,26,28)/b24-10-. The summed E-state index contributed by atoms with van der Waals surface area (Å²) in [6, 6.07) is 12.4. The lowest BCUT2D eigenvalue weighted by molar-refractivity contribution is -0.123. The highest BCUT2D eigenvalue weighted by atomic mass is 35.5. The van der Waals surface area contributed by atoms with Gasteiger partial charge >= 0.3 is 0 Å². The van der Waals surface area contributed by atoms with Crippen molar-refractivity contribution in [2.24, 2.45) is 5.10 Å². The van der Waals surface area contributed by atoms with E-state index in [0.717, 1.165) is 11.1 Å². The highest BCUT2D eigenvalue weighted by Crippen LogP contribution is 2.28. The Kier molecular flexibility index (Phi) is 10.00. The number of halogens is 2. The Morgan fingerprint density at radius 3 is 2.40 bits per heavy atom. The number of hydrazone groups is 1. The lowest BCUT2D eigenvalue weighted by Crippen LogP contribution is -2.34. The molecule has 2 rings (SSSR count). The zero-order chi connectivity index (χ0) is 21.9. The normalized spacial score (nSPS) is 11.0. The third-order valence-electron chi connectivity index (χ3n) is 3.64. The lowest BCUT2D eigenvalue weighted by atomic mass is 10.2. The second kappa shape index (κ2) is 12.5. The summed E-state index contributed by atoms with van der Waals surface area (Å²) in [6.07, 6.45) is 1.53. The molecule has 0 aliphatic heterocycles. The first-order valence-corrected chi connectivity index (χ1v) is 11.1. The quantitative estimate of drug-likeness (QED) is 0.403. The first-order chi connectivity index (χ1) is 14.3. The molecule has 2 N–H and O–H groups in total. The van der Waals surface area contributed by atoms with Crippen LogP contribution in [0.15, 0.2) is 47.6 Å². The van der Waals surface area contributed by atoms with Gasteiger partial charge in [-0.3, -0.25) is 9.59 Å². The van der Waals surface area contributed by atoms with Gasteiger partial charge in [0.05, 0.1) is 12.0 Å². The van der Waals surface area contributed by atoms with E-state index in [1.807, 2.05) is 13.8 Å². The average Bonchev–Trinajstić information content (AvgIpc) is 2.69. The van der Waals surface area contributed by atoms with Crippen LogP contribution in [0.4, 0.5) is 0 Å². The molecule has 0 atom stereocenters. The third kappa shape index (κ3) is 8.65. The van der Waals surface area contributed by atoms with Gasteiger partial charge in [0.2, 0.25) is 5.91 Å². The highest BCUT2D eigenvalue weighted by Gasteiger charge is 2.07. The van der Waals surface area contributed by atoms with Crippen molar-refractivity contribution in [3.8, 4) is 5.75 Å². The number of hydrogen-bond donors (Lipinski definition) is 2. The Morgan fingerprint density at radius 1 is 1.10 bits per heavy atom. The van der Waals surface area contributed by atoms with Gasteiger partial charge in [-0.15, -0.1) is 11.8 Å². The van der Waals surface area contributed by atoms with Gasteiger partial charge in [0.1, 0.15) is 5.75 Å². The fourth-order valence-corrected chi connectivity index (χ4v) is 3.85. The molecule has 6 nitrogen and oxygen atoms in total. The van der Waals surface area contributed by atoms with Gasteiger partial charge in [0.15, 0.2) is 6.61 Å². The second-order valence-electron chi connectivity index (χ2n) is 6.57. The molecule has 0 unspecified atom stereocenters. The van der Waals surface area contributed by atoms with Crippen LogP contribution in [0.1, 0.15) is 25.0 Å². The van der Waals surface area contributed by atoms with Crippen molar-refractivity contribution in [3.05, 3.63) is 63.6 Å². The second-order valence-corrected chi connectivity index (χ2v) is 8.37. The summed E-state index contributed by atoms with van der Waals surface area (Å²) in [5, 5.41) is 7.87. The van der Waals surface area contributed by atoms with Crippen molar-refractivity contribution in [2.45, 2.75) is 25.6 Å². The maximum atomic E-state index is 11.9. The molecule has 2 aromatic rings. The van der Waals surface area contributed by atoms with Gasteiger partial charge < -0.3 is 10.1 Å². The number of hydrogen-bond acceptors (Lipinski definition) is 5. The molecular formula is C21H23Cl2N3O3S. The van der Waals surface area contributed by atoms with Crippen molar-refractivity contribution in [1.82, 2.24) is 10.7 Å². The predicted molar refractivity (Wildman–Crippen MR) is 124 cm³/mol. The number of nitrogens with zero attached hydrogens (tertiary/aromatic N) is 1. The van der Waals surface area contributed by atoms with Gasteiger partial charge in [-0.25, -0.2) is 5.43 Å². The Balaban J connectivity index is 1.71. The molecule has 0 spiro atoms. The molecule has 0 aliphatic carbocycles. The van der Waals surface area contributed by atoms with Gasteiger partial charge in [-0.2, -0.15) is 5.10 Å². The van der Waals surface area contributed by atoms with Crippen molar-refractivity contribution >= 4 is 53.0 Å². The fraction of sp³-hybridized carbons (Fsp3) is 0.286. The molecule has 30 heavy (non-hydrogen) atoms. The van der Waals surface area contributed by atoms with Crippen LogP contribution >= 0.6 is 35.0 Å². The predicted octanol–water partition coefficient (Wildman–Crippen LogP) is 4.28. The molecule has 0 bridgehead atoms. The minimum absolute atomic E-state index is 0.0429. The number of nitrogens with one attached hydrogen (secondary N) is 2. The number of amides is 2. The zero-order valence-electron chi connectivity index (χ0n) is 16.7. The Bertz CT molecular complexity index is 869. The summed E-state index contributed by atoms with van der Waals surface area (Å²) in [5.74, 6) is 0.935. The number of ether oxygens (including phenoxy) is 1. The fourth-order valence-electron chi connectivity index (χ4n) is 2.29. The molecular weight excluding hydrogens is 445 g/mol. The van der Waals surface area contributed by atoms with Crippen LogP contribution in [0.2, 0.25) is 10.0 Å². The molecule has 0 saturated carbocycles. The van der Waals surface area contributed by atoms with Gasteiger partial charge in [0.25, 0.3) is 5.91 Å². The molecule has 0 saturated heterocycles. The SMILES string of the molecule is CC(C)NC(=O)COc1ccc(/C=N\NC(=O)CSCc2c(Cl)cccc2Cl)cc1. The Hall–Kier alpha value is -2.22. The number of carbonyl (C=O) groups excluding carboxylic acids is 2. The van der Waals surface area contributed by atoms with Crippen LogP contribution in [0.5, 0.6) is 5.75 Å². The molecule has 0 radical (unpaired) electrons. The summed E-state index contributed by atoms with van der Waals surface area (Å²) < 4.78 is 5.42. The van der Waals surface area contributed by atoms with Crippen LogP contribution in [-0.4, -0.2) is 36.4 Å². The van der Waals surface area contributed by atoms with E-state index in [2.05, 4.69) is 15.8 Å². The van der Waals surface area contributed by atoms with E-state index in [1.165, 1.54) is 18.0 Å². The minimum Gasteiger partial charge on any atom is -0.484 e. The third-order valence-corrected chi connectivity index (χ3v) is 5.31. The van der Waals surface area contributed by atoms with Gasteiger partial charge in [0, 0.05) is 21.8 Å². The zero-order valence-corrected chi connectivity index (χ0v) is 19.0. The van der Waals surface area contributed by atoms with Crippen LogP contribution in [0.25, 0.3) is 0 Å². The highest BCUT2D eigenvalue weighted by molar-refractivity contribution is 7.99.